The predicted octanol–water partition coefficient (Wildman–Crippen LogP) is 4.69. The highest BCUT2D eigenvalue weighted by atomic mass is 16.5. The van der Waals surface area contributed by atoms with E-state index >= 15 is 0 Å². The van der Waals surface area contributed by atoms with Crippen molar-refractivity contribution in [3.8, 4) is 23.0 Å². The summed E-state index contributed by atoms with van der Waals surface area (Å²) in [5, 5.41) is 15.1. The highest BCUT2D eigenvalue weighted by Gasteiger charge is 2.37. The van der Waals surface area contributed by atoms with E-state index in [0.717, 1.165) is 53.6 Å². The molecule has 7 nitrogen and oxygen atoms in total. The topological polar surface area (TPSA) is 94.3 Å². The fraction of sp³-hybridized carbons (Fsp3) is 0.310. The molecular weight excluding hydrogens is 454 g/mol. The molecule has 0 spiro atoms. The molecule has 1 saturated carbocycles. The number of hydrogen-bond acceptors (Lipinski definition) is 6. The quantitative estimate of drug-likeness (QED) is 0.420. The van der Waals surface area contributed by atoms with Crippen LogP contribution < -0.4 is 0 Å². The molecule has 0 bridgehead atoms. The number of benzene rings is 1. The van der Waals surface area contributed by atoms with Crippen molar-refractivity contribution >= 4 is 11.8 Å². The second-order valence-electron chi connectivity index (χ2n) is 9.41. The molecule has 2 aromatic heterocycles. The first-order valence-electron chi connectivity index (χ1n) is 12.3. The minimum atomic E-state index is -0.566. The summed E-state index contributed by atoms with van der Waals surface area (Å²) in [5.41, 5.74) is 6.07. The molecular formula is C29H29N3O4. The Morgan fingerprint density at radius 1 is 1.14 bits per heavy atom. The second-order valence-corrected chi connectivity index (χ2v) is 9.41. The largest absolute Gasteiger partial charge is 0.493 e. The van der Waals surface area contributed by atoms with Crippen LogP contribution in [0.15, 0.2) is 66.4 Å². The molecule has 1 fully saturated rings. The lowest BCUT2D eigenvalue weighted by Crippen LogP contribution is -2.34. The summed E-state index contributed by atoms with van der Waals surface area (Å²) < 4.78 is 6.17. The molecule has 0 aliphatic heterocycles. The summed E-state index contributed by atoms with van der Waals surface area (Å²) in [6.07, 6.45) is 11.8. The number of ketones is 1. The summed E-state index contributed by atoms with van der Waals surface area (Å²) in [6.45, 7) is 1.99. The summed E-state index contributed by atoms with van der Waals surface area (Å²) >= 11 is 0. The van der Waals surface area contributed by atoms with Crippen LogP contribution in [0.5, 0.6) is 5.88 Å². The number of aromatic nitrogens is 3. The normalized spacial score (nSPS) is 19.7. The first kappa shape index (κ1) is 23.7. The number of esters is 1. The van der Waals surface area contributed by atoms with Crippen molar-refractivity contribution in [2.45, 2.75) is 39.0 Å². The number of aromatic hydroxyl groups is 1. The molecule has 7 heteroatoms. The number of methoxy groups -OCH3 is 1. The van der Waals surface area contributed by atoms with Gasteiger partial charge in [0, 0.05) is 17.3 Å². The van der Waals surface area contributed by atoms with Crippen LogP contribution in [0.1, 0.15) is 36.0 Å². The van der Waals surface area contributed by atoms with E-state index < -0.39 is 11.9 Å². The number of ether oxygens (including phenoxy) is 1. The Balaban J connectivity index is 0.000000157. The Morgan fingerprint density at radius 3 is 2.75 bits per heavy atom. The molecule has 36 heavy (non-hydrogen) atoms. The molecule has 3 aromatic rings. The lowest BCUT2D eigenvalue weighted by Gasteiger charge is -2.29. The van der Waals surface area contributed by atoms with Crippen molar-refractivity contribution in [1.82, 2.24) is 14.8 Å². The third-order valence-corrected chi connectivity index (χ3v) is 7.15. The van der Waals surface area contributed by atoms with Gasteiger partial charge in [-0.05, 0) is 67.7 Å². The van der Waals surface area contributed by atoms with Gasteiger partial charge in [-0.3, -0.25) is 9.59 Å². The standard InChI is InChI=1S/C17H15N3O.C12H14O3/c1-11-6-9-15(18-10-11)20-17(21)14-8-7-12-4-2-3-5-13(12)16(14)19-20;1-15-12(14)10-7-6-8-4-2-3-5-9(8)11(10)13/h2-6,9-10,21H,7-8H2,1H3;2-3,5,8,10H,4,6-7H2,1H3. The highest BCUT2D eigenvalue weighted by Crippen LogP contribution is 2.38. The van der Waals surface area contributed by atoms with Crippen LogP contribution in [-0.4, -0.2) is 38.7 Å². The number of nitrogens with zero attached hydrogens (tertiary/aromatic N) is 3. The predicted molar refractivity (Wildman–Crippen MR) is 136 cm³/mol. The Kier molecular flexibility index (Phi) is 6.55. The van der Waals surface area contributed by atoms with E-state index in [0.29, 0.717) is 18.2 Å². The van der Waals surface area contributed by atoms with Gasteiger partial charge < -0.3 is 9.84 Å². The number of carbonyl (C=O) groups excluding carboxylic acids is 2. The minimum absolute atomic E-state index is 0.0394. The Hall–Kier alpha value is -4.00. The average Bonchev–Trinajstić information content (AvgIpc) is 3.26. The zero-order valence-electron chi connectivity index (χ0n) is 20.5. The van der Waals surface area contributed by atoms with Crippen LogP contribution in [0.4, 0.5) is 0 Å². The SMILES string of the molecule is COC(=O)C1CCC2CC=CC=C2C1=O.Cc1ccc(-n2nc3c(c2O)CCc2ccccc2-3)nc1. The molecule has 3 aliphatic carbocycles. The Labute approximate surface area is 210 Å². The number of allylic oxidation sites excluding steroid dienone is 4. The van der Waals surface area contributed by atoms with E-state index in [-0.39, 0.29) is 11.7 Å². The second kappa shape index (κ2) is 9.93. The average molecular weight is 484 g/mol. The first-order chi connectivity index (χ1) is 17.5. The molecule has 1 aromatic carbocycles. The third kappa shape index (κ3) is 4.37. The summed E-state index contributed by atoms with van der Waals surface area (Å²) in [6, 6.07) is 12.1. The zero-order valence-corrected chi connectivity index (χ0v) is 20.5. The van der Waals surface area contributed by atoms with Gasteiger partial charge in [-0.2, -0.15) is 9.78 Å². The van der Waals surface area contributed by atoms with Crippen LogP contribution >= 0.6 is 0 Å². The van der Waals surface area contributed by atoms with E-state index in [1.165, 1.54) is 17.4 Å². The van der Waals surface area contributed by atoms with Crippen molar-refractivity contribution in [2.75, 3.05) is 7.11 Å². The number of aryl methyl sites for hydroxylation is 2. The number of Topliss-reactive ketones (excluding diaryl/α,β-unsaturated/α-hetero) is 1. The van der Waals surface area contributed by atoms with Crippen LogP contribution in [0.2, 0.25) is 0 Å². The van der Waals surface area contributed by atoms with E-state index in [4.69, 9.17) is 0 Å². The molecule has 6 rings (SSSR count). The van der Waals surface area contributed by atoms with Crippen molar-refractivity contribution in [3.05, 3.63) is 83.1 Å². The van der Waals surface area contributed by atoms with Gasteiger partial charge in [-0.15, -0.1) is 0 Å². The molecule has 3 aliphatic rings. The van der Waals surface area contributed by atoms with Gasteiger partial charge in [-0.1, -0.05) is 48.6 Å². The molecule has 184 valence electrons. The third-order valence-electron chi connectivity index (χ3n) is 7.15. The number of hydrogen-bond donors (Lipinski definition) is 1. The highest BCUT2D eigenvalue weighted by molar-refractivity contribution is 6.09. The van der Waals surface area contributed by atoms with Crippen molar-refractivity contribution < 1.29 is 19.4 Å². The zero-order chi connectivity index (χ0) is 25.2. The number of fused-ring (bicyclic) bond motifs is 4. The van der Waals surface area contributed by atoms with Gasteiger partial charge in [0.05, 0.1) is 7.11 Å². The van der Waals surface area contributed by atoms with E-state index in [9.17, 15) is 14.7 Å². The van der Waals surface area contributed by atoms with Gasteiger partial charge in [-0.25, -0.2) is 4.98 Å². The van der Waals surface area contributed by atoms with Crippen LogP contribution in [0, 0.1) is 18.8 Å². The fourth-order valence-corrected chi connectivity index (χ4v) is 5.16. The maximum absolute atomic E-state index is 12.0. The molecule has 0 radical (unpaired) electrons. The lowest BCUT2D eigenvalue weighted by molar-refractivity contribution is -0.149. The molecule has 0 saturated heterocycles. The van der Waals surface area contributed by atoms with Gasteiger partial charge in [0.2, 0.25) is 5.88 Å². The maximum atomic E-state index is 12.0. The fourth-order valence-electron chi connectivity index (χ4n) is 5.16. The van der Waals surface area contributed by atoms with E-state index in [2.05, 4.69) is 33.0 Å². The smallest absolute Gasteiger partial charge is 0.316 e. The van der Waals surface area contributed by atoms with Gasteiger partial charge >= 0.3 is 5.97 Å². The molecule has 1 N–H and O–H groups in total. The van der Waals surface area contributed by atoms with E-state index in [1.54, 1.807) is 6.20 Å². The lowest BCUT2D eigenvalue weighted by atomic mass is 9.74. The van der Waals surface area contributed by atoms with Gasteiger partial charge in [0.15, 0.2) is 11.6 Å². The summed E-state index contributed by atoms with van der Waals surface area (Å²) in [5.74, 6) is 0.171. The monoisotopic (exact) mass is 483 g/mol. The molecule has 0 amide bonds. The van der Waals surface area contributed by atoms with E-state index in [1.807, 2.05) is 43.3 Å². The first-order valence-corrected chi connectivity index (χ1v) is 12.3. The summed E-state index contributed by atoms with van der Waals surface area (Å²) in [4.78, 5) is 27.7. The van der Waals surface area contributed by atoms with Crippen LogP contribution in [0.3, 0.4) is 0 Å². The summed E-state index contributed by atoms with van der Waals surface area (Å²) in [7, 11) is 1.33. The van der Waals surface area contributed by atoms with Crippen molar-refractivity contribution in [2.24, 2.45) is 11.8 Å². The van der Waals surface area contributed by atoms with Crippen molar-refractivity contribution in [3.63, 3.8) is 0 Å². The number of carbonyl (C=O) groups is 2. The van der Waals surface area contributed by atoms with Crippen LogP contribution in [0.25, 0.3) is 17.1 Å². The number of rotatable bonds is 2. The molecule has 2 atom stereocenters. The molecule has 2 unspecified atom stereocenters. The Bertz CT molecular complexity index is 1370. The minimum Gasteiger partial charge on any atom is -0.493 e. The van der Waals surface area contributed by atoms with Crippen molar-refractivity contribution in [1.29, 1.82) is 0 Å². The maximum Gasteiger partial charge on any atom is 0.316 e. The Morgan fingerprint density at radius 2 is 1.97 bits per heavy atom. The van der Waals surface area contributed by atoms with Gasteiger partial charge in [0.1, 0.15) is 11.6 Å². The number of pyridine rings is 1. The van der Waals surface area contributed by atoms with Gasteiger partial charge in [0.25, 0.3) is 0 Å². The molecule has 2 heterocycles. The van der Waals surface area contributed by atoms with Crippen LogP contribution in [-0.2, 0) is 27.2 Å².